The van der Waals surface area contributed by atoms with E-state index in [0.717, 1.165) is 31.4 Å². The zero-order valence-corrected chi connectivity index (χ0v) is 14.0. The van der Waals surface area contributed by atoms with Gasteiger partial charge in [-0.2, -0.15) is 0 Å². The van der Waals surface area contributed by atoms with Gasteiger partial charge in [0.1, 0.15) is 5.75 Å². The molecule has 122 valence electrons. The maximum Gasteiger partial charge on any atom is 0.309 e. The molecule has 0 aromatic heterocycles. The number of hydrogen-bond acceptors (Lipinski definition) is 3. The molecule has 1 aliphatic carbocycles. The van der Waals surface area contributed by atoms with Gasteiger partial charge in [0.15, 0.2) is 0 Å². The van der Waals surface area contributed by atoms with E-state index in [9.17, 15) is 4.79 Å². The fourth-order valence-corrected chi connectivity index (χ4v) is 3.27. The largest absolute Gasteiger partial charge is 0.493 e. The SMILES string of the molecule is COC(=O)[C@@H]1CCCC[C@H]1COc1ccc(CC(C)C)cc1. The standard InChI is InChI=1S/C19H28O3/c1-14(2)12-15-8-10-17(11-9-15)22-13-16-6-4-5-7-18(16)19(20)21-3/h8-11,14,16,18H,4-7,12-13H2,1-3H3/t16-,18+/m0/s1. The van der Waals surface area contributed by atoms with Gasteiger partial charge in [-0.1, -0.05) is 38.8 Å². The molecule has 0 amide bonds. The van der Waals surface area contributed by atoms with Crippen LogP contribution in [0.5, 0.6) is 5.75 Å². The second kappa shape index (κ2) is 8.21. The van der Waals surface area contributed by atoms with Crippen LogP contribution in [0.4, 0.5) is 0 Å². The van der Waals surface area contributed by atoms with E-state index in [1.165, 1.54) is 19.1 Å². The number of hydrogen-bond donors (Lipinski definition) is 0. The van der Waals surface area contributed by atoms with Gasteiger partial charge in [0, 0.05) is 5.92 Å². The lowest BCUT2D eigenvalue weighted by Crippen LogP contribution is -2.32. The Morgan fingerprint density at radius 2 is 1.86 bits per heavy atom. The summed E-state index contributed by atoms with van der Waals surface area (Å²) in [4.78, 5) is 11.9. The summed E-state index contributed by atoms with van der Waals surface area (Å²) in [6.45, 7) is 5.05. The van der Waals surface area contributed by atoms with Crippen LogP contribution >= 0.6 is 0 Å². The highest BCUT2D eigenvalue weighted by atomic mass is 16.5. The van der Waals surface area contributed by atoms with Crippen LogP contribution < -0.4 is 4.74 Å². The molecule has 2 atom stereocenters. The van der Waals surface area contributed by atoms with Crippen LogP contribution in [0, 0.1) is 17.8 Å². The number of methoxy groups -OCH3 is 1. The van der Waals surface area contributed by atoms with E-state index >= 15 is 0 Å². The molecule has 0 heterocycles. The Bertz CT molecular complexity index is 464. The monoisotopic (exact) mass is 304 g/mol. The Balaban J connectivity index is 1.89. The molecule has 1 fully saturated rings. The molecule has 0 N–H and O–H groups in total. The molecule has 1 aliphatic rings. The summed E-state index contributed by atoms with van der Waals surface area (Å²) in [5.74, 6) is 1.74. The van der Waals surface area contributed by atoms with Gasteiger partial charge in [-0.15, -0.1) is 0 Å². The lowest BCUT2D eigenvalue weighted by atomic mass is 9.80. The van der Waals surface area contributed by atoms with Gasteiger partial charge in [-0.05, 0) is 42.9 Å². The van der Waals surface area contributed by atoms with E-state index in [2.05, 4.69) is 26.0 Å². The van der Waals surface area contributed by atoms with Crippen molar-refractivity contribution in [1.29, 1.82) is 0 Å². The molecule has 0 unspecified atom stereocenters. The third-order valence-corrected chi connectivity index (χ3v) is 4.44. The number of esters is 1. The minimum absolute atomic E-state index is 0.000959. The maximum atomic E-state index is 11.9. The highest BCUT2D eigenvalue weighted by Crippen LogP contribution is 2.31. The van der Waals surface area contributed by atoms with E-state index in [4.69, 9.17) is 9.47 Å². The average molecular weight is 304 g/mol. The zero-order valence-electron chi connectivity index (χ0n) is 14.0. The lowest BCUT2D eigenvalue weighted by molar-refractivity contribution is -0.149. The van der Waals surface area contributed by atoms with Gasteiger partial charge in [0.25, 0.3) is 0 Å². The molecule has 3 nitrogen and oxygen atoms in total. The third kappa shape index (κ3) is 4.75. The highest BCUT2D eigenvalue weighted by Gasteiger charge is 2.32. The molecular formula is C19H28O3. The van der Waals surface area contributed by atoms with Gasteiger partial charge in [0.2, 0.25) is 0 Å². The average Bonchev–Trinajstić information content (AvgIpc) is 2.53. The van der Waals surface area contributed by atoms with Crippen LogP contribution in [0.2, 0.25) is 0 Å². The Kier molecular flexibility index (Phi) is 6.29. The van der Waals surface area contributed by atoms with Gasteiger partial charge in [-0.3, -0.25) is 4.79 Å². The first kappa shape index (κ1) is 16.9. The summed E-state index contributed by atoms with van der Waals surface area (Å²) in [6.07, 6.45) is 5.35. The van der Waals surface area contributed by atoms with Crippen LogP contribution in [0.15, 0.2) is 24.3 Å². The van der Waals surface area contributed by atoms with E-state index in [1.807, 2.05) is 12.1 Å². The molecule has 1 aromatic rings. The lowest BCUT2D eigenvalue weighted by Gasteiger charge is -2.29. The van der Waals surface area contributed by atoms with Gasteiger partial charge >= 0.3 is 5.97 Å². The first-order valence-electron chi connectivity index (χ1n) is 8.39. The van der Waals surface area contributed by atoms with E-state index in [0.29, 0.717) is 12.5 Å². The minimum atomic E-state index is -0.0828. The second-order valence-corrected chi connectivity index (χ2v) is 6.73. The van der Waals surface area contributed by atoms with Crippen molar-refractivity contribution in [1.82, 2.24) is 0 Å². The number of benzene rings is 1. The maximum absolute atomic E-state index is 11.9. The van der Waals surface area contributed by atoms with Gasteiger partial charge in [-0.25, -0.2) is 0 Å². The molecule has 0 spiro atoms. The number of carbonyl (C=O) groups is 1. The van der Waals surface area contributed by atoms with Crippen LogP contribution in [-0.2, 0) is 16.0 Å². The van der Waals surface area contributed by atoms with Crippen molar-refractivity contribution < 1.29 is 14.3 Å². The summed E-state index contributed by atoms with van der Waals surface area (Å²) in [5, 5.41) is 0. The predicted octanol–water partition coefficient (Wildman–Crippen LogP) is 4.24. The third-order valence-electron chi connectivity index (χ3n) is 4.44. The molecule has 3 heteroatoms. The Labute approximate surface area is 134 Å². The Morgan fingerprint density at radius 3 is 2.50 bits per heavy atom. The van der Waals surface area contributed by atoms with Crippen LogP contribution in [0.1, 0.15) is 45.1 Å². The van der Waals surface area contributed by atoms with Crippen molar-refractivity contribution in [3.63, 3.8) is 0 Å². The molecule has 0 bridgehead atoms. The number of rotatable bonds is 6. The summed E-state index contributed by atoms with van der Waals surface area (Å²) >= 11 is 0. The second-order valence-electron chi connectivity index (χ2n) is 6.73. The summed E-state index contributed by atoms with van der Waals surface area (Å²) in [5.41, 5.74) is 1.34. The topological polar surface area (TPSA) is 35.5 Å². The van der Waals surface area contributed by atoms with Crippen molar-refractivity contribution >= 4 is 5.97 Å². The van der Waals surface area contributed by atoms with Gasteiger partial charge < -0.3 is 9.47 Å². The quantitative estimate of drug-likeness (QED) is 0.737. The Hall–Kier alpha value is -1.51. The molecular weight excluding hydrogens is 276 g/mol. The number of ether oxygens (including phenoxy) is 2. The normalized spacial score (nSPS) is 21.6. The van der Waals surface area contributed by atoms with Crippen molar-refractivity contribution in [2.45, 2.75) is 46.0 Å². The molecule has 2 rings (SSSR count). The summed E-state index contributed by atoms with van der Waals surface area (Å²) < 4.78 is 10.9. The van der Waals surface area contributed by atoms with Crippen LogP contribution in [0.25, 0.3) is 0 Å². The van der Waals surface area contributed by atoms with Crippen LogP contribution in [-0.4, -0.2) is 19.7 Å². The molecule has 22 heavy (non-hydrogen) atoms. The molecule has 0 aliphatic heterocycles. The smallest absolute Gasteiger partial charge is 0.309 e. The molecule has 1 aromatic carbocycles. The van der Waals surface area contributed by atoms with Gasteiger partial charge in [0.05, 0.1) is 19.6 Å². The fraction of sp³-hybridized carbons (Fsp3) is 0.632. The van der Waals surface area contributed by atoms with Crippen molar-refractivity contribution in [2.75, 3.05) is 13.7 Å². The van der Waals surface area contributed by atoms with Crippen molar-refractivity contribution in [3.05, 3.63) is 29.8 Å². The molecule has 1 saturated carbocycles. The molecule has 0 radical (unpaired) electrons. The zero-order chi connectivity index (χ0) is 15.9. The van der Waals surface area contributed by atoms with E-state index < -0.39 is 0 Å². The molecule has 0 saturated heterocycles. The van der Waals surface area contributed by atoms with Crippen molar-refractivity contribution in [3.8, 4) is 5.75 Å². The van der Waals surface area contributed by atoms with E-state index in [-0.39, 0.29) is 17.8 Å². The summed E-state index contributed by atoms with van der Waals surface area (Å²) in [6, 6.07) is 8.34. The fourth-order valence-electron chi connectivity index (χ4n) is 3.27. The first-order chi connectivity index (χ1) is 10.6. The first-order valence-corrected chi connectivity index (χ1v) is 8.39. The van der Waals surface area contributed by atoms with E-state index in [1.54, 1.807) is 0 Å². The minimum Gasteiger partial charge on any atom is -0.493 e. The summed E-state index contributed by atoms with van der Waals surface area (Å²) in [7, 11) is 1.47. The highest BCUT2D eigenvalue weighted by molar-refractivity contribution is 5.72. The van der Waals surface area contributed by atoms with Crippen molar-refractivity contribution in [2.24, 2.45) is 17.8 Å². The predicted molar refractivity (Wildman–Crippen MR) is 87.9 cm³/mol. The Morgan fingerprint density at radius 1 is 1.18 bits per heavy atom. The number of carbonyl (C=O) groups excluding carboxylic acids is 1. The van der Waals surface area contributed by atoms with Crippen LogP contribution in [0.3, 0.4) is 0 Å².